The molecule has 0 fully saturated rings. The SMILES string of the molecule is CC(=O)c1ccc(S(=O)(=O)NCCC(=O)NCC(O)COc2cccc(Cl)c2Cl)cc1. The maximum atomic E-state index is 12.2. The van der Waals surface area contributed by atoms with Gasteiger partial charge in [-0.2, -0.15) is 0 Å². The van der Waals surface area contributed by atoms with Gasteiger partial charge in [0.2, 0.25) is 15.9 Å². The van der Waals surface area contributed by atoms with Crippen LogP contribution in [0.25, 0.3) is 0 Å². The Kier molecular flexibility index (Phi) is 9.27. The number of hydrogen-bond acceptors (Lipinski definition) is 6. The number of hydrogen-bond donors (Lipinski definition) is 3. The van der Waals surface area contributed by atoms with Gasteiger partial charge < -0.3 is 15.2 Å². The van der Waals surface area contributed by atoms with E-state index in [-0.39, 0.29) is 41.8 Å². The number of aliphatic hydroxyl groups is 1. The fraction of sp³-hybridized carbons (Fsp3) is 0.300. The van der Waals surface area contributed by atoms with Gasteiger partial charge in [0.1, 0.15) is 23.5 Å². The average Bonchev–Trinajstić information content (AvgIpc) is 2.73. The molecule has 2 aromatic rings. The molecule has 0 aliphatic heterocycles. The summed E-state index contributed by atoms with van der Waals surface area (Å²) in [5.74, 6) is -0.309. The van der Waals surface area contributed by atoms with Crippen molar-refractivity contribution in [2.75, 3.05) is 19.7 Å². The quantitative estimate of drug-likeness (QED) is 0.417. The summed E-state index contributed by atoms with van der Waals surface area (Å²) in [7, 11) is -3.81. The molecule has 1 unspecified atom stereocenters. The molecule has 0 heterocycles. The first-order valence-electron chi connectivity index (χ1n) is 9.22. The monoisotopic (exact) mass is 488 g/mol. The number of aliphatic hydroxyl groups excluding tert-OH is 1. The standard InChI is InChI=1S/C20H22Cl2N2O6S/c1-13(25)14-5-7-16(8-6-14)31(28,29)24-10-9-19(27)23-11-15(26)12-30-18-4-2-3-17(21)20(18)22/h2-8,15,24,26H,9-12H2,1H3,(H,23,27). The summed E-state index contributed by atoms with van der Waals surface area (Å²) in [6.07, 6.45) is -1.13. The molecule has 11 heteroatoms. The number of carbonyl (C=O) groups is 2. The normalized spacial score (nSPS) is 12.3. The van der Waals surface area contributed by atoms with Crippen molar-refractivity contribution in [2.45, 2.75) is 24.3 Å². The third-order valence-electron chi connectivity index (χ3n) is 4.10. The number of nitrogens with one attached hydrogen (secondary N) is 2. The van der Waals surface area contributed by atoms with Crippen molar-refractivity contribution in [3.05, 3.63) is 58.1 Å². The molecule has 0 saturated carbocycles. The smallest absolute Gasteiger partial charge is 0.240 e. The molecule has 0 aromatic heterocycles. The molecule has 3 N–H and O–H groups in total. The van der Waals surface area contributed by atoms with Crippen molar-refractivity contribution in [1.29, 1.82) is 0 Å². The molecule has 0 aliphatic carbocycles. The van der Waals surface area contributed by atoms with Crippen LogP contribution in [0.15, 0.2) is 47.4 Å². The molecule has 1 atom stereocenters. The van der Waals surface area contributed by atoms with Crippen molar-refractivity contribution in [3.63, 3.8) is 0 Å². The van der Waals surface area contributed by atoms with Crippen LogP contribution in [0.4, 0.5) is 0 Å². The van der Waals surface area contributed by atoms with E-state index in [2.05, 4.69) is 10.0 Å². The van der Waals surface area contributed by atoms with Gasteiger partial charge in [-0.25, -0.2) is 13.1 Å². The second-order valence-electron chi connectivity index (χ2n) is 6.55. The number of amides is 1. The molecule has 31 heavy (non-hydrogen) atoms. The molecule has 2 rings (SSSR count). The Balaban J connectivity index is 1.72. The van der Waals surface area contributed by atoms with E-state index in [4.69, 9.17) is 27.9 Å². The number of rotatable bonds is 11. The molecular weight excluding hydrogens is 467 g/mol. The minimum absolute atomic E-state index is 0.00912. The lowest BCUT2D eigenvalue weighted by Gasteiger charge is -2.14. The predicted molar refractivity (Wildman–Crippen MR) is 117 cm³/mol. The Bertz CT molecular complexity index is 1030. The van der Waals surface area contributed by atoms with E-state index in [0.29, 0.717) is 16.3 Å². The van der Waals surface area contributed by atoms with Gasteiger partial charge in [0.05, 0.1) is 9.92 Å². The van der Waals surface area contributed by atoms with Crippen molar-refractivity contribution in [3.8, 4) is 5.75 Å². The van der Waals surface area contributed by atoms with Crippen LogP contribution in [-0.4, -0.2) is 51.0 Å². The molecule has 0 radical (unpaired) electrons. The number of Topliss-reactive ketones (excluding diaryl/α,β-unsaturated/α-hetero) is 1. The number of ether oxygens (including phenoxy) is 1. The molecule has 0 aliphatic rings. The Morgan fingerprint density at radius 1 is 1.13 bits per heavy atom. The van der Waals surface area contributed by atoms with Gasteiger partial charge in [-0.1, -0.05) is 41.4 Å². The van der Waals surface area contributed by atoms with E-state index < -0.39 is 22.0 Å². The fourth-order valence-electron chi connectivity index (χ4n) is 2.41. The third-order valence-corrected chi connectivity index (χ3v) is 6.38. The van der Waals surface area contributed by atoms with Gasteiger partial charge in [-0.15, -0.1) is 0 Å². The number of benzene rings is 2. The van der Waals surface area contributed by atoms with Gasteiger partial charge in [0.15, 0.2) is 5.78 Å². The van der Waals surface area contributed by atoms with Gasteiger partial charge in [0, 0.05) is 25.1 Å². The summed E-state index contributed by atoms with van der Waals surface area (Å²) in [5.41, 5.74) is 0.401. The highest BCUT2D eigenvalue weighted by Crippen LogP contribution is 2.31. The highest BCUT2D eigenvalue weighted by atomic mass is 35.5. The first kappa shape index (κ1) is 25.1. The average molecular weight is 489 g/mol. The van der Waals surface area contributed by atoms with Crippen molar-refractivity contribution in [2.24, 2.45) is 0 Å². The van der Waals surface area contributed by atoms with Crippen LogP contribution in [0.1, 0.15) is 23.7 Å². The zero-order chi connectivity index (χ0) is 23.0. The van der Waals surface area contributed by atoms with E-state index in [1.165, 1.54) is 31.2 Å². The minimum atomic E-state index is -3.81. The van der Waals surface area contributed by atoms with E-state index in [1.807, 2.05) is 0 Å². The number of carbonyl (C=O) groups excluding carboxylic acids is 2. The van der Waals surface area contributed by atoms with Crippen molar-refractivity contribution < 1.29 is 27.9 Å². The van der Waals surface area contributed by atoms with E-state index in [1.54, 1.807) is 18.2 Å². The second kappa shape index (κ2) is 11.4. The summed E-state index contributed by atoms with van der Waals surface area (Å²) >= 11 is 11.9. The highest BCUT2D eigenvalue weighted by molar-refractivity contribution is 7.89. The topological polar surface area (TPSA) is 122 Å². The summed E-state index contributed by atoms with van der Waals surface area (Å²) < 4.78 is 32.1. The predicted octanol–water partition coefficient (Wildman–Crippen LogP) is 2.42. The zero-order valence-electron chi connectivity index (χ0n) is 16.6. The molecular formula is C20H22Cl2N2O6S. The summed E-state index contributed by atoms with van der Waals surface area (Å²) in [4.78, 5) is 23.1. The second-order valence-corrected chi connectivity index (χ2v) is 9.10. The molecule has 0 spiro atoms. The number of ketones is 1. The molecule has 0 bridgehead atoms. The van der Waals surface area contributed by atoms with Gasteiger partial charge in [0.25, 0.3) is 0 Å². The van der Waals surface area contributed by atoms with Crippen LogP contribution in [0, 0.1) is 0 Å². The molecule has 8 nitrogen and oxygen atoms in total. The van der Waals surface area contributed by atoms with Crippen LogP contribution >= 0.6 is 23.2 Å². The lowest BCUT2D eigenvalue weighted by Crippen LogP contribution is -2.37. The third kappa shape index (κ3) is 7.79. The Morgan fingerprint density at radius 2 is 1.81 bits per heavy atom. The number of sulfonamides is 1. The summed E-state index contributed by atoms with van der Waals surface area (Å²) in [5, 5.41) is 13.0. The Labute approximate surface area is 190 Å². The Morgan fingerprint density at radius 3 is 2.45 bits per heavy atom. The van der Waals surface area contributed by atoms with E-state index in [0.717, 1.165) is 0 Å². The van der Waals surface area contributed by atoms with Crippen molar-refractivity contribution in [1.82, 2.24) is 10.0 Å². The van der Waals surface area contributed by atoms with Crippen molar-refractivity contribution >= 4 is 44.9 Å². The Hall–Kier alpha value is -2.17. The van der Waals surface area contributed by atoms with Crippen LogP contribution in [-0.2, 0) is 14.8 Å². The first-order valence-corrected chi connectivity index (χ1v) is 11.5. The van der Waals surface area contributed by atoms with Gasteiger partial charge in [-0.3, -0.25) is 9.59 Å². The number of halogens is 2. The van der Waals surface area contributed by atoms with Gasteiger partial charge >= 0.3 is 0 Å². The molecule has 168 valence electrons. The summed E-state index contributed by atoms with van der Waals surface area (Å²) in [6.45, 7) is 1.04. The largest absolute Gasteiger partial charge is 0.489 e. The highest BCUT2D eigenvalue weighted by Gasteiger charge is 2.15. The molecule has 0 saturated heterocycles. The van der Waals surface area contributed by atoms with Crippen LogP contribution in [0.2, 0.25) is 10.0 Å². The van der Waals surface area contributed by atoms with E-state index in [9.17, 15) is 23.1 Å². The lowest BCUT2D eigenvalue weighted by molar-refractivity contribution is -0.121. The zero-order valence-corrected chi connectivity index (χ0v) is 18.9. The minimum Gasteiger partial charge on any atom is -0.489 e. The van der Waals surface area contributed by atoms with E-state index >= 15 is 0 Å². The maximum absolute atomic E-state index is 12.2. The van der Waals surface area contributed by atoms with Crippen LogP contribution < -0.4 is 14.8 Å². The van der Waals surface area contributed by atoms with Crippen LogP contribution in [0.3, 0.4) is 0 Å². The lowest BCUT2D eigenvalue weighted by atomic mass is 10.2. The molecule has 2 aromatic carbocycles. The van der Waals surface area contributed by atoms with Crippen LogP contribution in [0.5, 0.6) is 5.75 Å². The maximum Gasteiger partial charge on any atom is 0.240 e. The summed E-state index contributed by atoms with van der Waals surface area (Å²) in [6, 6.07) is 10.3. The first-order chi connectivity index (χ1) is 14.6. The molecule has 1 amide bonds. The van der Waals surface area contributed by atoms with Gasteiger partial charge in [-0.05, 0) is 31.2 Å². The fourth-order valence-corrected chi connectivity index (χ4v) is 3.79.